The fourth-order valence-electron chi connectivity index (χ4n) is 0.121. The topological polar surface area (TPSA) is 83.5 Å². The molecule has 0 radical (unpaired) electrons. The van der Waals surface area contributed by atoms with Crippen LogP contribution in [0.4, 0.5) is 22.0 Å². The van der Waals surface area contributed by atoms with Crippen molar-refractivity contribution < 1.29 is 37.0 Å². The first kappa shape index (κ1) is 15.5. The van der Waals surface area contributed by atoms with Crippen molar-refractivity contribution in [2.24, 2.45) is 5.73 Å². The summed E-state index contributed by atoms with van der Waals surface area (Å²) in [5, 5.41) is 15.1. The Kier molecular flexibility index (Phi) is 5.60. The highest BCUT2D eigenvalue weighted by Gasteiger charge is 2.64. The average molecular weight is 225 g/mol. The van der Waals surface area contributed by atoms with Crippen LogP contribution in [0.15, 0.2) is 0 Å². The van der Waals surface area contributed by atoms with Gasteiger partial charge in [-0.05, 0) is 6.92 Å². The van der Waals surface area contributed by atoms with E-state index in [4.69, 9.17) is 10.2 Å². The number of nitrogens with two attached hydrogens (primary N) is 1. The maximum absolute atomic E-state index is 11.3. The third-order valence-corrected chi connectivity index (χ3v) is 0.625. The largest absolute Gasteiger partial charge is 0.477 e. The summed E-state index contributed by atoms with van der Waals surface area (Å²) < 4.78 is 55.5. The number of aliphatic carboxylic acids is 1. The van der Waals surface area contributed by atoms with Crippen LogP contribution in [0.5, 0.6) is 0 Å². The summed E-state index contributed by atoms with van der Waals surface area (Å²) in [5.41, 5.74) is 4.67. The van der Waals surface area contributed by atoms with Crippen LogP contribution in [0.3, 0.4) is 0 Å². The minimum absolute atomic E-state index is 0.667. The molecule has 0 bridgehead atoms. The van der Waals surface area contributed by atoms with Gasteiger partial charge in [-0.1, -0.05) is 0 Å². The van der Waals surface area contributed by atoms with Gasteiger partial charge in [-0.3, -0.25) is 0 Å². The third-order valence-electron chi connectivity index (χ3n) is 0.625. The number of rotatable bonds is 1. The van der Waals surface area contributed by atoms with Crippen molar-refractivity contribution in [3.63, 3.8) is 0 Å². The molecule has 0 aromatic rings. The predicted octanol–water partition coefficient (Wildman–Crippen LogP) is 0.552. The highest BCUT2D eigenvalue weighted by Crippen LogP contribution is 2.35. The lowest BCUT2D eigenvalue weighted by Crippen LogP contribution is -2.43. The molecule has 0 aromatic heterocycles. The monoisotopic (exact) mass is 225 g/mol. The van der Waals surface area contributed by atoms with Crippen molar-refractivity contribution >= 4 is 5.97 Å². The maximum Gasteiger partial charge on any atom is 0.465 e. The summed E-state index contributed by atoms with van der Waals surface area (Å²) in [6.07, 6.45) is -6.68. The molecule has 9 heteroatoms. The number of halogens is 5. The lowest BCUT2D eigenvalue weighted by atomic mass is 10.3. The summed E-state index contributed by atoms with van der Waals surface area (Å²) in [5.74, 6) is -8.84. The number of hydrogen-bond acceptors (Lipinski definition) is 3. The Morgan fingerprint density at radius 2 is 1.50 bits per heavy atom. The molecule has 0 amide bonds. The molecule has 0 spiro atoms. The van der Waals surface area contributed by atoms with Gasteiger partial charge in [0.25, 0.3) is 0 Å². The van der Waals surface area contributed by atoms with E-state index in [2.05, 4.69) is 5.73 Å². The molecule has 0 heterocycles. The van der Waals surface area contributed by atoms with E-state index in [-0.39, 0.29) is 0 Å². The van der Waals surface area contributed by atoms with Crippen LogP contribution in [-0.4, -0.2) is 34.5 Å². The highest BCUT2D eigenvalue weighted by atomic mass is 19.4. The number of aliphatic hydroxyl groups excluding tert-OH is 1. The van der Waals surface area contributed by atoms with Gasteiger partial charge >= 0.3 is 18.1 Å². The van der Waals surface area contributed by atoms with E-state index in [0.717, 1.165) is 0 Å². The molecule has 0 aliphatic rings. The van der Waals surface area contributed by atoms with E-state index in [1.54, 1.807) is 0 Å². The molecule has 0 aliphatic heterocycles. The van der Waals surface area contributed by atoms with Crippen LogP contribution in [0, 0.1) is 0 Å². The number of carbonyl (C=O) groups is 1. The van der Waals surface area contributed by atoms with Crippen molar-refractivity contribution in [1.82, 2.24) is 0 Å². The van der Waals surface area contributed by atoms with Gasteiger partial charge in [-0.25, -0.2) is 4.79 Å². The normalized spacial score (nSPS) is 14.0. The molecular formula is C5H8F5NO3. The van der Waals surface area contributed by atoms with Gasteiger partial charge in [0.1, 0.15) is 0 Å². The Hall–Kier alpha value is -0.960. The molecule has 1 unspecified atom stereocenters. The average Bonchev–Trinajstić information content (AvgIpc) is 1.82. The Balaban J connectivity index is 0. The van der Waals surface area contributed by atoms with E-state index < -0.39 is 24.3 Å². The number of carboxylic acid groups (broad SMARTS) is 1. The Bertz CT molecular complexity index is 188. The molecule has 86 valence electrons. The lowest BCUT2D eigenvalue weighted by Gasteiger charge is -2.13. The SMILES string of the molecule is CC(N)O.O=C(O)C(F)(F)C(F)(F)F. The van der Waals surface area contributed by atoms with E-state index in [0.29, 0.717) is 0 Å². The molecule has 0 aromatic carbocycles. The van der Waals surface area contributed by atoms with Crippen molar-refractivity contribution in [1.29, 1.82) is 0 Å². The number of aliphatic hydroxyl groups is 1. The third kappa shape index (κ3) is 5.65. The second kappa shape index (κ2) is 5.05. The van der Waals surface area contributed by atoms with E-state index >= 15 is 0 Å². The van der Waals surface area contributed by atoms with Crippen LogP contribution in [0.2, 0.25) is 0 Å². The van der Waals surface area contributed by atoms with Crippen LogP contribution in [0.1, 0.15) is 6.92 Å². The van der Waals surface area contributed by atoms with Crippen LogP contribution < -0.4 is 5.73 Å². The molecule has 0 fully saturated rings. The standard InChI is InChI=1S/C3HF5O2.C2H7NO/c4-2(5,1(9)10)3(6,7)8;1-2(3)4/h(H,9,10);2,4H,3H2,1H3. The second-order valence-electron chi connectivity index (χ2n) is 2.12. The second-order valence-corrected chi connectivity index (χ2v) is 2.12. The molecule has 4 N–H and O–H groups in total. The number of carboxylic acids is 1. The molecule has 0 saturated heterocycles. The van der Waals surface area contributed by atoms with E-state index in [1.807, 2.05) is 0 Å². The Labute approximate surface area is 75.1 Å². The lowest BCUT2D eigenvalue weighted by molar-refractivity contribution is -0.277. The number of alkyl halides is 5. The summed E-state index contributed by atoms with van der Waals surface area (Å²) in [7, 11) is 0. The summed E-state index contributed by atoms with van der Waals surface area (Å²) >= 11 is 0. The van der Waals surface area contributed by atoms with Crippen molar-refractivity contribution in [2.75, 3.05) is 0 Å². The zero-order chi connectivity index (χ0) is 12.2. The fraction of sp³-hybridized carbons (Fsp3) is 0.800. The Morgan fingerprint density at radius 3 is 1.50 bits per heavy atom. The van der Waals surface area contributed by atoms with Gasteiger partial charge in [0.2, 0.25) is 0 Å². The molecule has 0 aliphatic carbocycles. The summed E-state index contributed by atoms with van der Waals surface area (Å²) in [6, 6.07) is 0. The van der Waals surface area contributed by atoms with E-state index in [1.165, 1.54) is 6.92 Å². The van der Waals surface area contributed by atoms with Crippen LogP contribution in [-0.2, 0) is 4.79 Å². The molecule has 1 atom stereocenters. The van der Waals surface area contributed by atoms with Crippen LogP contribution >= 0.6 is 0 Å². The minimum Gasteiger partial charge on any atom is -0.477 e. The number of hydrogen-bond donors (Lipinski definition) is 3. The van der Waals surface area contributed by atoms with Gasteiger partial charge in [0, 0.05) is 0 Å². The zero-order valence-corrected chi connectivity index (χ0v) is 6.85. The van der Waals surface area contributed by atoms with Crippen molar-refractivity contribution in [2.45, 2.75) is 25.3 Å². The zero-order valence-electron chi connectivity index (χ0n) is 6.85. The smallest absolute Gasteiger partial charge is 0.465 e. The molecular weight excluding hydrogens is 217 g/mol. The molecule has 0 rings (SSSR count). The first-order chi connectivity index (χ1) is 5.93. The first-order valence-electron chi connectivity index (χ1n) is 3.04. The van der Waals surface area contributed by atoms with Gasteiger partial charge in [-0.2, -0.15) is 22.0 Å². The molecule has 0 saturated carbocycles. The van der Waals surface area contributed by atoms with Gasteiger partial charge in [-0.15, -0.1) is 0 Å². The van der Waals surface area contributed by atoms with Gasteiger partial charge < -0.3 is 15.9 Å². The molecule has 14 heavy (non-hydrogen) atoms. The van der Waals surface area contributed by atoms with E-state index in [9.17, 15) is 26.7 Å². The van der Waals surface area contributed by atoms with Gasteiger partial charge in [0.05, 0.1) is 6.23 Å². The van der Waals surface area contributed by atoms with Crippen molar-refractivity contribution in [3.05, 3.63) is 0 Å². The molecule has 4 nitrogen and oxygen atoms in total. The quantitative estimate of drug-likeness (QED) is 0.449. The summed E-state index contributed by atoms with van der Waals surface area (Å²) in [6.45, 7) is 1.50. The predicted molar refractivity (Wildman–Crippen MR) is 34.5 cm³/mol. The highest BCUT2D eigenvalue weighted by molar-refractivity contribution is 5.76. The van der Waals surface area contributed by atoms with Crippen LogP contribution in [0.25, 0.3) is 0 Å². The van der Waals surface area contributed by atoms with Gasteiger partial charge in [0.15, 0.2) is 0 Å². The fourth-order valence-corrected chi connectivity index (χ4v) is 0.121. The summed E-state index contributed by atoms with van der Waals surface area (Å²) in [4.78, 5) is 9.20. The first-order valence-corrected chi connectivity index (χ1v) is 3.04. The minimum atomic E-state index is -6.02. The maximum atomic E-state index is 11.3. The Morgan fingerprint density at radius 1 is 1.29 bits per heavy atom. The van der Waals surface area contributed by atoms with Crippen molar-refractivity contribution in [3.8, 4) is 0 Å².